The Bertz CT molecular complexity index is 719. The number of carbonyl (C=O) groups is 1. The first-order valence-corrected chi connectivity index (χ1v) is 6.13. The van der Waals surface area contributed by atoms with Gasteiger partial charge in [0, 0.05) is 5.56 Å². The van der Waals surface area contributed by atoms with Crippen LogP contribution in [0.3, 0.4) is 0 Å². The zero-order valence-electron chi connectivity index (χ0n) is 11.2. The number of ether oxygens (including phenoxy) is 1. The van der Waals surface area contributed by atoms with Gasteiger partial charge in [0.1, 0.15) is 5.75 Å². The van der Waals surface area contributed by atoms with E-state index >= 15 is 0 Å². The Kier molecular flexibility index (Phi) is 4.35. The molecule has 0 radical (unpaired) electrons. The van der Waals surface area contributed by atoms with Crippen molar-refractivity contribution in [2.45, 2.75) is 12.5 Å². The lowest BCUT2D eigenvalue weighted by molar-refractivity contribution is -0.274. The van der Waals surface area contributed by atoms with E-state index in [1.807, 2.05) is 0 Å². The Balaban J connectivity index is 2.47. The van der Waals surface area contributed by atoms with Crippen LogP contribution in [0.2, 0.25) is 0 Å². The highest BCUT2D eigenvalue weighted by molar-refractivity contribution is 5.80. The first-order chi connectivity index (χ1) is 10.6. The van der Waals surface area contributed by atoms with Crippen LogP contribution >= 0.6 is 0 Å². The smallest absolute Gasteiger partial charge is 0.406 e. The van der Waals surface area contributed by atoms with Crippen molar-refractivity contribution in [2.75, 3.05) is 0 Å². The summed E-state index contributed by atoms with van der Waals surface area (Å²) in [4.78, 5) is 10.7. The second-order valence-corrected chi connectivity index (χ2v) is 4.49. The molecule has 0 unspecified atom stereocenters. The number of carbonyl (C=O) groups excluding carboxylic acids is 1. The fourth-order valence-electron chi connectivity index (χ4n) is 1.96. The molecule has 0 atom stereocenters. The molecule has 23 heavy (non-hydrogen) atoms. The molecule has 0 spiro atoms. The Morgan fingerprint density at radius 1 is 0.870 bits per heavy atom. The van der Waals surface area contributed by atoms with E-state index in [0.717, 1.165) is 18.2 Å². The summed E-state index contributed by atoms with van der Waals surface area (Å²) in [5, 5.41) is 0. The summed E-state index contributed by atoms with van der Waals surface area (Å²) in [6.45, 7) is 0. The molecule has 0 saturated carbocycles. The average molecular weight is 334 g/mol. The molecule has 0 amide bonds. The van der Waals surface area contributed by atoms with Gasteiger partial charge < -0.3 is 4.74 Å². The number of rotatable bonds is 3. The van der Waals surface area contributed by atoms with Crippen LogP contribution in [0, 0.1) is 0 Å². The van der Waals surface area contributed by atoms with Crippen molar-refractivity contribution in [3.63, 3.8) is 0 Å². The summed E-state index contributed by atoms with van der Waals surface area (Å²) < 4.78 is 79.0. The minimum Gasteiger partial charge on any atom is -0.406 e. The highest BCUT2D eigenvalue weighted by Crippen LogP contribution is 2.35. The third-order valence-corrected chi connectivity index (χ3v) is 2.89. The maximum atomic E-state index is 12.9. The van der Waals surface area contributed by atoms with Crippen molar-refractivity contribution in [3.8, 4) is 16.9 Å². The quantitative estimate of drug-likeness (QED) is 0.578. The summed E-state index contributed by atoms with van der Waals surface area (Å²) in [5.41, 5.74) is -1.61. The van der Waals surface area contributed by atoms with E-state index in [0.29, 0.717) is 6.07 Å². The van der Waals surface area contributed by atoms with Crippen LogP contribution in [0.25, 0.3) is 11.1 Å². The Hall–Kier alpha value is -2.51. The molecule has 0 N–H and O–H groups in total. The van der Waals surface area contributed by atoms with Gasteiger partial charge in [0.2, 0.25) is 0 Å². The predicted octanol–water partition coefficient (Wildman–Crippen LogP) is 5.08. The zero-order chi connectivity index (χ0) is 17.3. The van der Waals surface area contributed by atoms with Crippen molar-refractivity contribution >= 4 is 6.29 Å². The first-order valence-electron chi connectivity index (χ1n) is 6.13. The molecule has 0 fully saturated rings. The van der Waals surface area contributed by atoms with Gasteiger partial charge in [-0.15, -0.1) is 13.2 Å². The molecule has 0 aromatic heterocycles. The topological polar surface area (TPSA) is 26.3 Å². The number of hydrogen-bond donors (Lipinski definition) is 0. The molecule has 0 aliphatic heterocycles. The summed E-state index contributed by atoms with van der Waals surface area (Å²) in [5.74, 6) is -0.553. The third-order valence-electron chi connectivity index (χ3n) is 2.89. The molecule has 0 bridgehead atoms. The maximum Gasteiger partial charge on any atom is 0.573 e. The summed E-state index contributed by atoms with van der Waals surface area (Å²) >= 11 is 0. The maximum absolute atomic E-state index is 12.9. The van der Waals surface area contributed by atoms with Gasteiger partial charge in [-0.2, -0.15) is 13.2 Å². The molecular weight excluding hydrogens is 326 g/mol. The molecule has 0 aliphatic carbocycles. The lowest BCUT2D eigenvalue weighted by Gasteiger charge is -2.13. The number of alkyl halides is 6. The van der Waals surface area contributed by atoms with E-state index in [-0.39, 0.29) is 17.4 Å². The fourth-order valence-corrected chi connectivity index (χ4v) is 1.96. The van der Waals surface area contributed by atoms with Gasteiger partial charge in [0.25, 0.3) is 0 Å². The van der Waals surface area contributed by atoms with Crippen molar-refractivity contribution in [1.29, 1.82) is 0 Å². The summed E-state index contributed by atoms with van der Waals surface area (Å²) in [7, 11) is 0. The van der Waals surface area contributed by atoms with Crippen LogP contribution < -0.4 is 4.74 Å². The van der Waals surface area contributed by atoms with Crippen LogP contribution in [0.1, 0.15) is 15.9 Å². The van der Waals surface area contributed by atoms with Crippen LogP contribution in [0.4, 0.5) is 26.3 Å². The molecule has 2 nitrogen and oxygen atoms in total. The van der Waals surface area contributed by atoms with E-state index in [4.69, 9.17) is 0 Å². The standard InChI is InChI=1S/C15H8F6O2/c16-14(17,18)13-7-10(4-5-11(13)8-22)9-2-1-3-12(6-9)23-15(19,20)21/h1-8H. The molecule has 0 saturated heterocycles. The number of benzene rings is 2. The highest BCUT2D eigenvalue weighted by Gasteiger charge is 2.34. The lowest BCUT2D eigenvalue weighted by Crippen LogP contribution is -2.17. The van der Waals surface area contributed by atoms with Crippen molar-refractivity contribution < 1.29 is 35.9 Å². The van der Waals surface area contributed by atoms with Gasteiger partial charge in [0.15, 0.2) is 6.29 Å². The largest absolute Gasteiger partial charge is 0.573 e. The molecule has 2 aromatic rings. The van der Waals surface area contributed by atoms with Gasteiger partial charge in [0.05, 0.1) is 5.56 Å². The number of hydrogen-bond acceptors (Lipinski definition) is 2. The molecule has 2 aromatic carbocycles. The van der Waals surface area contributed by atoms with Crippen LogP contribution in [-0.4, -0.2) is 12.6 Å². The second kappa shape index (κ2) is 5.94. The van der Waals surface area contributed by atoms with Gasteiger partial charge in [-0.05, 0) is 29.3 Å². The van der Waals surface area contributed by atoms with Crippen LogP contribution in [0.5, 0.6) is 5.75 Å². The number of halogens is 6. The molecule has 0 aliphatic rings. The molecular formula is C15H8F6O2. The van der Waals surface area contributed by atoms with E-state index in [1.54, 1.807) is 0 Å². The molecule has 2 rings (SSSR count). The molecule has 8 heteroatoms. The molecule has 122 valence electrons. The summed E-state index contributed by atoms with van der Waals surface area (Å²) in [6, 6.07) is 7.42. The van der Waals surface area contributed by atoms with Crippen molar-refractivity contribution in [2.24, 2.45) is 0 Å². The van der Waals surface area contributed by atoms with Gasteiger partial charge in [-0.3, -0.25) is 4.79 Å². The van der Waals surface area contributed by atoms with Gasteiger partial charge in [-0.1, -0.05) is 24.3 Å². The fraction of sp³-hybridized carbons (Fsp3) is 0.133. The Morgan fingerprint density at radius 2 is 1.52 bits per heavy atom. The van der Waals surface area contributed by atoms with E-state index < -0.39 is 29.4 Å². The van der Waals surface area contributed by atoms with E-state index in [2.05, 4.69) is 4.74 Å². The Morgan fingerprint density at radius 3 is 2.09 bits per heavy atom. The van der Waals surface area contributed by atoms with Crippen molar-refractivity contribution in [1.82, 2.24) is 0 Å². The van der Waals surface area contributed by atoms with Crippen LogP contribution in [0.15, 0.2) is 42.5 Å². The first kappa shape index (κ1) is 16.9. The second-order valence-electron chi connectivity index (χ2n) is 4.49. The summed E-state index contributed by atoms with van der Waals surface area (Å²) in [6.07, 6.45) is -9.60. The van der Waals surface area contributed by atoms with Gasteiger partial charge in [-0.25, -0.2) is 0 Å². The van der Waals surface area contributed by atoms with Crippen LogP contribution in [-0.2, 0) is 6.18 Å². The van der Waals surface area contributed by atoms with Gasteiger partial charge >= 0.3 is 12.5 Å². The third kappa shape index (κ3) is 4.24. The highest BCUT2D eigenvalue weighted by atomic mass is 19.4. The van der Waals surface area contributed by atoms with Crippen molar-refractivity contribution in [3.05, 3.63) is 53.6 Å². The SMILES string of the molecule is O=Cc1ccc(-c2cccc(OC(F)(F)F)c2)cc1C(F)(F)F. The van der Waals surface area contributed by atoms with E-state index in [1.165, 1.54) is 18.2 Å². The minimum absolute atomic E-state index is 0.00977. The zero-order valence-corrected chi connectivity index (χ0v) is 11.2. The Labute approximate surface area is 126 Å². The molecule has 0 heterocycles. The monoisotopic (exact) mass is 334 g/mol. The minimum atomic E-state index is -4.91. The average Bonchev–Trinajstić information content (AvgIpc) is 2.44. The number of aldehydes is 1. The lowest BCUT2D eigenvalue weighted by atomic mass is 9.99. The van der Waals surface area contributed by atoms with E-state index in [9.17, 15) is 31.1 Å². The predicted molar refractivity (Wildman–Crippen MR) is 69.0 cm³/mol. The normalized spacial score (nSPS) is 12.1.